The van der Waals surface area contributed by atoms with Crippen molar-refractivity contribution in [2.45, 2.75) is 13.0 Å². The summed E-state index contributed by atoms with van der Waals surface area (Å²) in [4.78, 5) is 6.12. The number of oxazole rings is 1. The maximum Gasteiger partial charge on any atom is 0.393 e. The Kier molecular flexibility index (Phi) is 4.42. The Hall–Kier alpha value is -1.07. The second-order valence-corrected chi connectivity index (χ2v) is 3.31. The van der Waals surface area contributed by atoms with Crippen LogP contribution in [0.1, 0.15) is 12.1 Å². The lowest BCUT2D eigenvalue weighted by Crippen LogP contribution is -2.15. The van der Waals surface area contributed by atoms with Crippen LogP contribution < -0.4 is 10.5 Å². The van der Waals surface area contributed by atoms with Gasteiger partial charge in [0.1, 0.15) is 6.26 Å². The van der Waals surface area contributed by atoms with E-state index in [1.807, 2.05) is 14.1 Å². The smallest absolute Gasteiger partial charge is 0.393 e. The monoisotopic (exact) mass is 199 g/mol. The van der Waals surface area contributed by atoms with Gasteiger partial charge in [0, 0.05) is 13.1 Å². The summed E-state index contributed by atoms with van der Waals surface area (Å²) < 4.78 is 10.3. The molecule has 0 saturated heterocycles. The second-order valence-electron chi connectivity index (χ2n) is 3.31. The van der Waals surface area contributed by atoms with Gasteiger partial charge in [-0.05, 0) is 20.5 Å². The van der Waals surface area contributed by atoms with Crippen molar-refractivity contribution in [1.82, 2.24) is 9.88 Å². The van der Waals surface area contributed by atoms with E-state index >= 15 is 0 Å². The fourth-order valence-electron chi connectivity index (χ4n) is 0.989. The van der Waals surface area contributed by atoms with E-state index in [1.165, 1.54) is 6.26 Å². The minimum absolute atomic E-state index is 0.309. The number of ether oxygens (including phenoxy) is 1. The SMILES string of the molecule is CN(C)CCCOc1nc(CN)co1. The standard InChI is InChI=1S/C9H17N3O2/c1-12(2)4-3-5-13-9-11-8(6-10)7-14-9/h7H,3-6,10H2,1-2H3. The number of nitrogens with two attached hydrogens (primary N) is 1. The molecular formula is C9H17N3O2. The Morgan fingerprint density at radius 3 is 2.93 bits per heavy atom. The van der Waals surface area contributed by atoms with Gasteiger partial charge in [0.15, 0.2) is 0 Å². The molecule has 5 nitrogen and oxygen atoms in total. The minimum Gasteiger partial charge on any atom is -0.450 e. The van der Waals surface area contributed by atoms with Crippen molar-refractivity contribution in [3.8, 4) is 6.08 Å². The Morgan fingerprint density at radius 1 is 1.57 bits per heavy atom. The van der Waals surface area contributed by atoms with Crippen LogP contribution in [0.2, 0.25) is 0 Å². The Labute approximate surface area is 83.8 Å². The Balaban J connectivity index is 2.18. The summed E-state index contributed by atoms with van der Waals surface area (Å²) in [6.45, 7) is 1.98. The third-order valence-corrected chi connectivity index (χ3v) is 1.72. The summed E-state index contributed by atoms with van der Waals surface area (Å²) in [5.41, 5.74) is 6.09. The summed E-state index contributed by atoms with van der Waals surface area (Å²) in [6.07, 6.45) is 2.78. The molecule has 5 heteroatoms. The molecule has 0 aliphatic carbocycles. The zero-order chi connectivity index (χ0) is 10.4. The average Bonchev–Trinajstić information content (AvgIpc) is 2.60. The maximum atomic E-state index is 5.37. The lowest BCUT2D eigenvalue weighted by Gasteiger charge is -2.08. The molecule has 0 unspecified atom stereocenters. The molecule has 1 heterocycles. The second kappa shape index (κ2) is 5.62. The molecule has 0 aliphatic rings. The zero-order valence-corrected chi connectivity index (χ0v) is 8.69. The van der Waals surface area contributed by atoms with E-state index in [-0.39, 0.29) is 0 Å². The summed E-state index contributed by atoms with van der Waals surface area (Å²) in [5.74, 6) is 0. The third-order valence-electron chi connectivity index (χ3n) is 1.72. The van der Waals surface area contributed by atoms with E-state index in [0.29, 0.717) is 24.9 Å². The van der Waals surface area contributed by atoms with Crippen LogP contribution in [0.3, 0.4) is 0 Å². The Bertz CT molecular complexity index is 260. The van der Waals surface area contributed by atoms with Crippen LogP contribution in [0, 0.1) is 0 Å². The highest BCUT2D eigenvalue weighted by Gasteiger charge is 2.02. The van der Waals surface area contributed by atoms with E-state index in [1.54, 1.807) is 0 Å². The highest BCUT2D eigenvalue weighted by atomic mass is 16.6. The number of aromatic nitrogens is 1. The van der Waals surface area contributed by atoms with Gasteiger partial charge < -0.3 is 19.8 Å². The van der Waals surface area contributed by atoms with E-state index < -0.39 is 0 Å². The minimum atomic E-state index is 0.309. The predicted molar refractivity (Wildman–Crippen MR) is 53.1 cm³/mol. The molecular weight excluding hydrogens is 182 g/mol. The van der Waals surface area contributed by atoms with Crippen LogP contribution in [-0.4, -0.2) is 37.1 Å². The van der Waals surface area contributed by atoms with Gasteiger partial charge in [0.05, 0.1) is 12.3 Å². The molecule has 80 valence electrons. The number of hydrogen-bond donors (Lipinski definition) is 1. The molecule has 0 fully saturated rings. The molecule has 0 bridgehead atoms. The fourth-order valence-corrected chi connectivity index (χ4v) is 0.989. The van der Waals surface area contributed by atoms with Crippen molar-refractivity contribution < 1.29 is 9.15 Å². The molecule has 14 heavy (non-hydrogen) atoms. The molecule has 0 spiro atoms. The molecule has 1 aromatic heterocycles. The number of hydrogen-bond acceptors (Lipinski definition) is 5. The first-order valence-electron chi connectivity index (χ1n) is 4.64. The third kappa shape index (κ3) is 3.76. The molecule has 1 aromatic rings. The molecule has 1 rings (SSSR count). The molecule has 0 amide bonds. The van der Waals surface area contributed by atoms with Crippen molar-refractivity contribution in [3.63, 3.8) is 0 Å². The average molecular weight is 199 g/mol. The fraction of sp³-hybridized carbons (Fsp3) is 0.667. The van der Waals surface area contributed by atoms with Crippen molar-refractivity contribution in [3.05, 3.63) is 12.0 Å². The van der Waals surface area contributed by atoms with Gasteiger partial charge in [0.25, 0.3) is 0 Å². The van der Waals surface area contributed by atoms with E-state index in [4.69, 9.17) is 14.9 Å². The summed E-state index contributed by atoms with van der Waals surface area (Å²) in [5, 5.41) is 0. The molecule has 0 radical (unpaired) electrons. The van der Waals surface area contributed by atoms with Gasteiger partial charge in [-0.3, -0.25) is 0 Å². The Morgan fingerprint density at radius 2 is 2.36 bits per heavy atom. The van der Waals surface area contributed by atoms with E-state index in [2.05, 4.69) is 9.88 Å². The van der Waals surface area contributed by atoms with Gasteiger partial charge >= 0.3 is 6.08 Å². The van der Waals surface area contributed by atoms with Crippen molar-refractivity contribution >= 4 is 0 Å². The topological polar surface area (TPSA) is 64.5 Å². The maximum absolute atomic E-state index is 5.37. The first-order valence-corrected chi connectivity index (χ1v) is 4.64. The summed E-state index contributed by atoms with van der Waals surface area (Å²) in [7, 11) is 4.05. The highest BCUT2D eigenvalue weighted by Crippen LogP contribution is 2.09. The van der Waals surface area contributed by atoms with Crippen molar-refractivity contribution in [2.75, 3.05) is 27.2 Å². The lowest BCUT2D eigenvalue weighted by molar-refractivity contribution is 0.215. The van der Waals surface area contributed by atoms with Crippen LogP contribution >= 0.6 is 0 Å². The van der Waals surface area contributed by atoms with Crippen LogP contribution in [0.15, 0.2) is 10.7 Å². The molecule has 0 aromatic carbocycles. The summed E-state index contributed by atoms with van der Waals surface area (Å²) >= 11 is 0. The molecule has 0 saturated carbocycles. The van der Waals surface area contributed by atoms with Gasteiger partial charge in [-0.25, -0.2) is 0 Å². The molecule has 0 atom stereocenters. The molecule has 0 aliphatic heterocycles. The van der Waals surface area contributed by atoms with Crippen LogP contribution in [-0.2, 0) is 6.54 Å². The van der Waals surface area contributed by atoms with Gasteiger partial charge in [-0.15, -0.1) is 0 Å². The molecule has 2 N–H and O–H groups in total. The van der Waals surface area contributed by atoms with Crippen molar-refractivity contribution in [1.29, 1.82) is 0 Å². The van der Waals surface area contributed by atoms with E-state index in [9.17, 15) is 0 Å². The number of nitrogens with zero attached hydrogens (tertiary/aromatic N) is 2. The zero-order valence-electron chi connectivity index (χ0n) is 8.69. The largest absolute Gasteiger partial charge is 0.450 e. The first kappa shape index (κ1) is 11.0. The van der Waals surface area contributed by atoms with E-state index in [0.717, 1.165) is 13.0 Å². The quantitative estimate of drug-likeness (QED) is 0.674. The van der Waals surface area contributed by atoms with Crippen molar-refractivity contribution in [2.24, 2.45) is 5.73 Å². The number of rotatable bonds is 6. The highest BCUT2D eigenvalue weighted by molar-refractivity contribution is 4.98. The lowest BCUT2D eigenvalue weighted by atomic mass is 10.4. The van der Waals surface area contributed by atoms with Crippen LogP contribution in [0.25, 0.3) is 0 Å². The predicted octanol–water partition coefficient (Wildman–Crippen LogP) is 0.464. The summed E-state index contributed by atoms with van der Waals surface area (Å²) in [6, 6.07) is 0. The van der Waals surface area contributed by atoms with Gasteiger partial charge in [-0.2, -0.15) is 4.98 Å². The van der Waals surface area contributed by atoms with Crippen LogP contribution in [0.4, 0.5) is 0 Å². The first-order chi connectivity index (χ1) is 6.72. The van der Waals surface area contributed by atoms with Gasteiger partial charge in [-0.1, -0.05) is 0 Å². The van der Waals surface area contributed by atoms with Crippen LogP contribution in [0.5, 0.6) is 6.08 Å². The van der Waals surface area contributed by atoms with Gasteiger partial charge in [0.2, 0.25) is 0 Å². The normalized spacial score (nSPS) is 10.9.